The number of nitrogens with zero attached hydrogens (tertiary/aromatic N) is 1. The molecule has 2 unspecified atom stereocenters. The highest BCUT2D eigenvalue weighted by Gasteiger charge is 2.71. The lowest BCUT2D eigenvalue weighted by atomic mass is 9.33. The lowest BCUT2D eigenvalue weighted by molar-refractivity contribution is -0.235. The van der Waals surface area contributed by atoms with Crippen molar-refractivity contribution in [3.63, 3.8) is 0 Å². The molecule has 9 nitrogen and oxygen atoms in total. The molecule has 5 fully saturated rings. The standard InChI is InChI=1S/C44H70N2O7/c1-26(2)36-29(47)21-44(32(48)25-46(24-27-11-12-27)34(49)23-45-10)20-19-42(8)28(37(36)44)13-14-31-41(7)17-16-33(53-35(50)22-39(3,4)38(51)52)40(5,6)30(41)15-18-43(31,42)9/h26-28,30-33,45,48H,11-25H2,1-10H3,(H,51,52)/t28-,30+,31-,32?,33+,41+,42-,43-,44?/m1/s1. The number of aliphatic hydroxyl groups is 1. The summed E-state index contributed by atoms with van der Waals surface area (Å²) < 4.78 is 6.17. The van der Waals surface area contributed by atoms with Gasteiger partial charge in [0.1, 0.15) is 6.10 Å². The van der Waals surface area contributed by atoms with Gasteiger partial charge in [0, 0.05) is 30.3 Å². The molecule has 9 atom stereocenters. The third-order valence-electron chi connectivity index (χ3n) is 16.8. The van der Waals surface area contributed by atoms with Gasteiger partial charge in [-0.2, -0.15) is 0 Å². The molecule has 6 aliphatic carbocycles. The molecule has 0 aromatic rings. The van der Waals surface area contributed by atoms with Crippen molar-refractivity contribution in [1.82, 2.24) is 10.2 Å². The van der Waals surface area contributed by atoms with E-state index in [0.717, 1.165) is 69.8 Å². The first-order chi connectivity index (χ1) is 24.6. The number of carboxylic acids is 1. The van der Waals surface area contributed by atoms with Crippen molar-refractivity contribution in [2.45, 2.75) is 152 Å². The molecule has 6 rings (SSSR count). The van der Waals surface area contributed by atoms with Gasteiger partial charge in [0.2, 0.25) is 5.91 Å². The van der Waals surface area contributed by atoms with E-state index in [2.05, 4.69) is 53.8 Å². The first-order valence-corrected chi connectivity index (χ1v) is 20.9. The Labute approximate surface area is 318 Å². The Hall–Kier alpha value is -2.26. The van der Waals surface area contributed by atoms with E-state index in [4.69, 9.17) is 4.74 Å². The number of aliphatic carboxylic acids is 1. The van der Waals surface area contributed by atoms with Crippen LogP contribution >= 0.6 is 0 Å². The average Bonchev–Trinajstić information content (AvgIpc) is 3.81. The number of nitrogens with one attached hydrogen (secondary N) is 1. The van der Waals surface area contributed by atoms with Crippen molar-refractivity contribution in [1.29, 1.82) is 0 Å². The Bertz CT molecular complexity index is 1530. The maximum Gasteiger partial charge on any atom is 0.309 e. The Balaban J connectivity index is 1.29. The molecule has 0 aromatic carbocycles. The molecule has 0 aromatic heterocycles. The van der Waals surface area contributed by atoms with E-state index in [1.54, 1.807) is 20.9 Å². The summed E-state index contributed by atoms with van der Waals surface area (Å²) in [5, 5.41) is 25.0. The van der Waals surface area contributed by atoms with Gasteiger partial charge >= 0.3 is 11.9 Å². The van der Waals surface area contributed by atoms with Crippen LogP contribution < -0.4 is 5.32 Å². The van der Waals surface area contributed by atoms with E-state index in [-0.39, 0.29) is 70.8 Å². The fourth-order valence-electron chi connectivity index (χ4n) is 13.4. The number of carbonyl (C=O) groups excluding carboxylic acids is 3. The molecule has 0 spiro atoms. The summed E-state index contributed by atoms with van der Waals surface area (Å²) in [6, 6.07) is 0. The number of amides is 1. The molecule has 5 saturated carbocycles. The largest absolute Gasteiger partial charge is 0.481 e. The highest BCUT2D eigenvalue weighted by Crippen LogP contribution is 2.77. The van der Waals surface area contributed by atoms with Crippen molar-refractivity contribution in [3.05, 3.63) is 11.1 Å². The number of fused-ring (bicyclic) bond motifs is 7. The fraction of sp³-hybridized carbons (Fsp3) is 0.864. The van der Waals surface area contributed by atoms with Gasteiger partial charge in [0.15, 0.2) is 5.78 Å². The molecule has 0 bridgehead atoms. The predicted molar refractivity (Wildman–Crippen MR) is 205 cm³/mol. The first kappa shape index (κ1) is 40.4. The Morgan fingerprint density at radius 3 is 2.21 bits per heavy atom. The number of rotatable bonds is 12. The molecule has 0 radical (unpaired) electrons. The van der Waals surface area contributed by atoms with Crippen LogP contribution in [0, 0.1) is 62.1 Å². The number of allylic oxidation sites excluding steroid dienone is 1. The van der Waals surface area contributed by atoms with Crippen LogP contribution in [0.1, 0.15) is 139 Å². The summed E-state index contributed by atoms with van der Waals surface area (Å²) in [6.07, 6.45) is 8.96. The number of hydrogen-bond acceptors (Lipinski definition) is 7. The monoisotopic (exact) mass is 739 g/mol. The minimum atomic E-state index is -1.17. The Kier molecular flexibility index (Phi) is 10.5. The van der Waals surface area contributed by atoms with Crippen LogP contribution in [0.4, 0.5) is 0 Å². The molecule has 1 amide bonds. The Morgan fingerprint density at radius 1 is 0.925 bits per heavy atom. The van der Waals surface area contributed by atoms with Crippen molar-refractivity contribution in [3.8, 4) is 0 Å². The van der Waals surface area contributed by atoms with Crippen molar-refractivity contribution in [2.75, 3.05) is 26.7 Å². The van der Waals surface area contributed by atoms with Crippen molar-refractivity contribution in [2.24, 2.45) is 62.1 Å². The zero-order valence-electron chi connectivity index (χ0n) is 34.5. The fourth-order valence-corrected chi connectivity index (χ4v) is 13.4. The second-order valence-corrected chi connectivity index (χ2v) is 20.8. The number of Topliss-reactive ketones (excluding diaryl/α,β-unsaturated/α-hetero) is 1. The van der Waals surface area contributed by atoms with E-state index in [1.807, 2.05) is 4.90 Å². The molecular weight excluding hydrogens is 668 g/mol. The highest BCUT2D eigenvalue weighted by atomic mass is 16.5. The van der Waals surface area contributed by atoms with Crippen LogP contribution in [0.5, 0.6) is 0 Å². The van der Waals surface area contributed by atoms with Gasteiger partial charge in [-0.15, -0.1) is 0 Å². The maximum absolute atomic E-state index is 14.1. The van der Waals surface area contributed by atoms with Gasteiger partial charge in [-0.05, 0) is 137 Å². The smallest absolute Gasteiger partial charge is 0.309 e. The number of aliphatic hydroxyl groups excluding tert-OH is 1. The number of carboxylic acid groups (broad SMARTS) is 1. The molecule has 6 aliphatic rings. The molecule has 9 heteroatoms. The number of esters is 1. The molecule has 0 aliphatic heterocycles. The van der Waals surface area contributed by atoms with E-state index < -0.39 is 28.9 Å². The van der Waals surface area contributed by atoms with Gasteiger partial charge < -0.3 is 25.2 Å². The predicted octanol–water partition coefficient (Wildman–Crippen LogP) is 7.20. The quantitative estimate of drug-likeness (QED) is 0.179. The maximum atomic E-state index is 14.1. The molecule has 3 N–H and O–H groups in total. The zero-order chi connectivity index (χ0) is 39.1. The zero-order valence-corrected chi connectivity index (χ0v) is 34.5. The van der Waals surface area contributed by atoms with Crippen LogP contribution in [-0.4, -0.2) is 77.6 Å². The van der Waals surface area contributed by atoms with Crippen molar-refractivity contribution < 1.29 is 34.1 Å². The summed E-state index contributed by atoms with van der Waals surface area (Å²) in [7, 11) is 1.79. The first-order valence-electron chi connectivity index (χ1n) is 20.9. The molecule has 0 heterocycles. The topological polar surface area (TPSA) is 133 Å². The highest BCUT2D eigenvalue weighted by molar-refractivity contribution is 6.00. The summed E-state index contributed by atoms with van der Waals surface area (Å²) in [5.41, 5.74) is 0.122. The number of likely N-dealkylation sites (N-methyl/N-ethyl adjacent to an activating group) is 1. The van der Waals surface area contributed by atoms with Crippen LogP contribution in [0.15, 0.2) is 11.1 Å². The van der Waals surface area contributed by atoms with Crippen molar-refractivity contribution >= 4 is 23.6 Å². The number of carbonyl (C=O) groups is 4. The number of hydrogen-bond donors (Lipinski definition) is 3. The van der Waals surface area contributed by atoms with E-state index in [9.17, 15) is 29.4 Å². The van der Waals surface area contributed by atoms with Gasteiger partial charge in [-0.25, -0.2) is 0 Å². The Morgan fingerprint density at radius 2 is 1.60 bits per heavy atom. The van der Waals surface area contributed by atoms with Gasteiger partial charge in [0.05, 0.1) is 24.5 Å². The normalized spacial score (nSPS) is 38.4. The van der Waals surface area contributed by atoms with Gasteiger partial charge in [-0.1, -0.05) is 54.0 Å². The van der Waals surface area contributed by atoms with Gasteiger partial charge in [0.25, 0.3) is 0 Å². The van der Waals surface area contributed by atoms with Crippen LogP contribution in [0.25, 0.3) is 0 Å². The second kappa shape index (κ2) is 13.7. The third-order valence-corrected chi connectivity index (χ3v) is 16.8. The van der Waals surface area contributed by atoms with E-state index in [1.165, 1.54) is 5.57 Å². The molecule has 0 saturated heterocycles. The lowest BCUT2D eigenvalue weighted by Gasteiger charge is -2.72. The lowest BCUT2D eigenvalue weighted by Crippen LogP contribution is -2.66. The SMILES string of the molecule is CNCC(=O)N(CC1CC1)CC(O)C12CC[C@]3(C)[C@H](CC[C@@H]4[C@@]5(C)CC[C@H](OC(=O)CC(C)(C)C(=O)O)C(C)(C)[C@@H]5CC[C@]43C)C1=C(C(C)C)C(=O)C2. The average molecular weight is 739 g/mol. The summed E-state index contributed by atoms with van der Waals surface area (Å²) in [5.74, 6) is 0.369. The van der Waals surface area contributed by atoms with E-state index in [0.29, 0.717) is 30.7 Å². The minimum Gasteiger partial charge on any atom is -0.481 e. The van der Waals surface area contributed by atoms with Crippen LogP contribution in [0.2, 0.25) is 0 Å². The molecule has 298 valence electrons. The van der Waals surface area contributed by atoms with Gasteiger partial charge in [-0.3, -0.25) is 19.2 Å². The summed E-state index contributed by atoms with van der Waals surface area (Å²) >= 11 is 0. The second-order valence-electron chi connectivity index (χ2n) is 20.8. The minimum absolute atomic E-state index is 0.0176. The molecule has 53 heavy (non-hydrogen) atoms. The molecular formula is C44H70N2O7. The van der Waals surface area contributed by atoms with Crippen LogP contribution in [0.3, 0.4) is 0 Å². The summed E-state index contributed by atoms with van der Waals surface area (Å²) in [4.78, 5) is 54.2. The third kappa shape index (κ3) is 6.43. The van der Waals surface area contributed by atoms with Crippen LogP contribution in [-0.2, 0) is 23.9 Å². The summed E-state index contributed by atoms with van der Waals surface area (Å²) in [6.45, 7) is 20.7. The number of ether oxygens (including phenoxy) is 1. The van der Waals surface area contributed by atoms with E-state index >= 15 is 0 Å². The number of ketones is 1.